The zero-order valence-corrected chi connectivity index (χ0v) is 13.1. The number of nitrogens with one attached hydrogen (secondary N) is 1. The second kappa shape index (κ2) is 5.39. The summed E-state index contributed by atoms with van der Waals surface area (Å²) in [6.07, 6.45) is 7.53. The highest BCUT2D eigenvalue weighted by atomic mass is 15.3. The van der Waals surface area contributed by atoms with Gasteiger partial charge in [-0.15, -0.1) is 0 Å². The molecule has 0 aliphatic carbocycles. The summed E-state index contributed by atoms with van der Waals surface area (Å²) in [5.74, 6) is 0.558. The molecule has 0 radical (unpaired) electrons. The predicted molar refractivity (Wildman–Crippen MR) is 89.3 cm³/mol. The number of rotatable bonds is 4. The first-order valence-corrected chi connectivity index (χ1v) is 7.71. The highest BCUT2D eigenvalue weighted by molar-refractivity contribution is 5.83. The summed E-state index contributed by atoms with van der Waals surface area (Å²) in [7, 11) is 0. The Balaban J connectivity index is 1.74. The lowest BCUT2D eigenvalue weighted by atomic mass is 10.1. The Morgan fingerprint density at radius 2 is 2.04 bits per heavy atom. The molecule has 0 fully saturated rings. The summed E-state index contributed by atoms with van der Waals surface area (Å²) in [6, 6.07) is 8.25. The first kappa shape index (κ1) is 13.8. The van der Waals surface area contributed by atoms with Gasteiger partial charge in [0.25, 0.3) is 0 Å². The molecule has 0 unspecified atom stereocenters. The molecule has 0 saturated heterocycles. The molecular formula is C17H18N6. The Labute approximate surface area is 133 Å². The largest absolute Gasteiger partial charge is 0.278 e. The van der Waals surface area contributed by atoms with Crippen LogP contribution in [-0.2, 0) is 6.54 Å². The SMILES string of the molecule is CC(C)Cn1cc(-n2nccc2-c2ccc3cn[nH]c3c2)cn1. The van der Waals surface area contributed by atoms with E-state index in [0.717, 1.165) is 34.4 Å². The van der Waals surface area contributed by atoms with Crippen molar-refractivity contribution in [2.75, 3.05) is 0 Å². The van der Waals surface area contributed by atoms with E-state index in [2.05, 4.69) is 52.4 Å². The summed E-state index contributed by atoms with van der Waals surface area (Å²) in [4.78, 5) is 0. The number of benzene rings is 1. The Kier molecular flexibility index (Phi) is 3.22. The van der Waals surface area contributed by atoms with Gasteiger partial charge in [0, 0.05) is 17.5 Å². The monoisotopic (exact) mass is 306 g/mol. The molecule has 1 N–H and O–H groups in total. The zero-order valence-electron chi connectivity index (χ0n) is 13.1. The zero-order chi connectivity index (χ0) is 15.8. The lowest BCUT2D eigenvalue weighted by molar-refractivity contribution is 0.483. The van der Waals surface area contributed by atoms with Crippen LogP contribution in [0.3, 0.4) is 0 Å². The van der Waals surface area contributed by atoms with E-state index in [-0.39, 0.29) is 0 Å². The molecule has 0 saturated carbocycles. The first-order chi connectivity index (χ1) is 11.2. The van der Waals surface area contributed by atoms with Crippen molar-refractivity contribution in [1.29, 1.82) is 0 Å². The van der Waals surface area contributed by atoms with Crippen LogP contribution in [0.15, 0.2) is 49.1 Å². The highest BCUT2D eigenvalue weighted by Crippen LogP contribution is 2.25. The van der Waals surface area contributed by atoms with Crippen LogP contribution in [0, 0.1) is 5.92 Å². The lowest BCUT2D eigenvalue weighted by Gasteiger charge is -2.06. The average molecular weight is 306 g/mol. The van der Waals surface area contributed by atoms with E-state index in [0.29, 0.717) is 5.92 Å². The van der Waals surface area contributed by atoms with Gasteiger partial charge in [-0.1, -0.05) is 26.0 Å². The van der Waals surface area contributed by atoms with Gasteiger partial charge in [0.15, 0.2) is 0 Å². The Morgan fingerprint density at radius 1 is 1.13 bits per heavy atom. The fraction of sp³-hybridized carbons (Fsp3) is 0.235. The van der Waals surface area contributed by atoms with Crippen molar-refractivity contribution in [3.63, 3.8) is 0 Å². The van der Waals surface area contributed by atoms with Crippen molar-refractivity contribution in [3.8, 4) is 16.9 Å². The van der Waals surface area contributed by atoms with Crippen LogP contribution >= 0.6 is 0 Å². The molecule has 0 amide bonds. The van der Waals surface area contributed by atoms with Crippen LogP contribution in [-0.4, -0.2) is 29.8 Å². The van der Waals surface area contributed by atoms with Crippen LogP contribution in [0.5, 0.6) is 0 Å². The number of H-pyrrole nitrogens is 1. The minimum atomic E-state index is 0.558. The van der Waals surface area contributed by atoms with Crippen molar-refractivity contribution < 1.29 is 0 Å². The third-order valence-electron chi connectivity index (χ3n) is 3.80. The van der Waals surface area contributed by atoms with E-state index in [1.54, 1.807) is 0 Å². The van der Waals surface area contributed by atoms with Crippen molar-refractivity contribution in [1.82, 2.24) is 29.8 Å². The molecule has 6 heteroatoms. The molecule has 0 bridgehead atoms. The topological polar surface area (TPSA) is 64.3 Å². The molecule has 0 aliphatic heterocycles. The van der Waals surface area contributed by atoms with Crippen molar-refractivity contribution in [2.24, 2.45) is 5.92 Å². The van der Waals surface area contributed by atoms with E-state index in [4.69, 9.17) is 0 Å². The maximum absolute atomic E-state index is 4.46. The standard InChI is InChI=1S/C17H18N6/c1-12(2)10-22-11-15(9-20-22)23-17(5-6-19-23)13-3-4-14-8-18-21-16(14)7-13/h3-9,11-12H,10H2,1-2H3,(H,18,21). The maximum Gasteiger partial charge on any atom is 0.103 e. The molecule has 3 aromatic heterocycles. The quantitative estimate of drug-likeness (QED) is 0.629. The Hall–Kier alpha value is -2.89. The molecule has 0 spiro atoms. The van der Waals surface area contributed by atoms with Gasteiger partial charge in [-0.3, -0.25) is 9.78 Å². The van der Waals surface area contributed by atoms with Crippen LogP contribution in [0.4, 0.5) is 0 Å². The third kappa shape index (κ3) is 2.52. The van der Waals surface area contributed by atoms with Gasteiger partial charge in [-0.25, -0.2) is 4.68 Å². The van der Waals surface area contributed by atoms with Crippen LogP contribution in [0.1, 0.15) is 13.8 Å². The van der Waals surface area contributed by atoms with Crippen LogP contribution in [0.2, 0.25) is 0 Å². The normalized spacial score (nSPS) is 11.6. The van der Waals surface area contributed by atoms with Gasteiger partial charge >= 0.3 is 0 Å². The first-order valence-electron chi connectivity index (χ1n) is 7.71. The van der Waals surface area contributed by atoms with Gasteiger partial charge in [-0.05, 0) is 18.1 Å². The van der Waals surface area contributed by atoms with Crippen molar-refractivity contribution in [2.45, 2.75) is 20.4 Å². The number of fused-ring (bicyclic) bond motifs is 1. The number of aromatic amines is 1. The minimum Gasteiger partial charge on any atom is -0.278 e. The second-order valence-corrected chi connectivity index (χ2v) is 6.11. The number of hydrogen-bond acceptors (Lipinski definition) is 3. The van der Waals surface area contributed by atoms with Gasteiger partial charge in [0.1, 0.15) is 5.69 Å². The fourth-order valence-corrected chi connectivity index (χ4v) is 2.76. The number of hydrogen-bond donors (Lipinski definition) is 1. The molecule has 6 nitrogen and oxygen atoms in total. The molecule has 1 aromatic carbocycles. The summed E-state index contributed by atoms with van der Waals surface area (Å²) < 4.78 is 3.88. The van der Waals surface area contributed by atoms with Crippen molar-refractivity contribution >= 4 is 10.9 Å². The van der Waals surface area contributed by atoms with Crippen molar-refractivity contribution in [3.05, 3.63) is 49.1 Å². The van der Waals surface area contributed by atoms with Crippen LogP contribution < -0.4 is 0 Å². The molecule has 23 heavy (non-hydrogen) atoms. The maximum atomic E-state index is 4.46. The average Bonchev–Trinajstić information content (AvgIpc) is 3.25. The molecule has 4 rings (SSSR count). The summed E-state index contributed by atoms with van der Waals surface area (Å²) >= 11 is 0. The van der Waals surface area contributed by atoms with Gasteiger partial charge in [0.2, 0.25) is 0 Å². The van der Waals surface area contributed by atoms with E-state index in [9.17, 15) is 0 Å². The Morgan fingerprint density at radius 3 is 2.91 bits per heavy atom. The number of nitrogens with zero attached hydrogens (tertiary/aromatic N) is 5. The van der Waals surface area contributed by atoms with Gasteiger partial charge in [-0.2, -0.15) is 15.3 Å². The van der Waals surface area contributed by atoms with E-state index < -0.39 is 0 Å². The van der Waals surface area contributed by atoms with Gasteiger partial charge in [0.05, 0.1) is 36.0 Å². The molecule has 4 aromatic rings. The Bertz CT molecular complexity index is 943. The smallest absolute Gasteiger partial charge is 0.103 e. The molecule has 0 atom stereocenters. The highest BCUT2D eigenvalue weighted by Gasteiger charge is 2.11. The summed E-state index contributed by atoms with van der Waals surface area (Å²) in [6.45, 7) is 5.26. The number of aromatic nitrogens is 6. The molecule has 116 valence electrons. The van der Waals surface area contributed by atoms with E-state index in [1.807, 2.05) is 40.2 Å². The second-order valence-electron chi connectivity index (χ2n) is 6.11. The summed E-state index contributed by atoms with van der Waals surface area (Å²) in [5.41, 5.74) is 4.11. The fourth-order valence-electron chi connectivity index (χ4n) is 2.76. The van der Waals surface area contributed by atoms with Gasteiger partial charge < -0.3 is 0 Å². The minimum absolute atomic E-state index is 0.558. The predicted octanol–water partition coefficient (Wildman–Crippen LogP) is 3.27. The summed E-state index contributed by atoms with van der Waals surface area (Å²) in [5, 5.41) is 17.1. The van der Waals surface area contributed by atoms with Crippen LogP contribution in [0.25, 0.3) is 27.8 Å². The molecule has 3 heterocycles. The third-order valence-corrected chi connectivity index (χ3v) is 3.80. The lowest BCUT2D eigenvalue weighted by Crippen LogP contribution is -2.04. The molecular weight excluding hydrogens is 288 g/mol. The van der Waals surface area contributed by atoms with E-state index in [1.165, 1.54) is 0 Å². The van der Waals surface area contributed by atoms with E-state index >= 15 is 0 Å². The molecule has 0 aliphatic rings.